The van der Waals surface area contributed by atoms with Crippen LogP contribution in [0.1, 0.15) is 33.1 Å². The molecule has 1 aliphatic rings. The van der Waals surface area contributed by atoms with Crippen LogP contribution >= 0.6 is 0 Å². The van der Waals surface area contributed by atoms with Crippen molar-refractivity contribution in [2.75, 3.05) is 13.1 Å². The Morgan fingerprint density at radius 3 is 1.75 bits per heavy atom. The van der Waals surface area contributed by atoms with Crippen LogP contribution in [-0.2, 0) is 4.79 Å². The largest absolute Gasteiger partial charge is 0.490 e. The molecule has 0 aliphatic carbocycles. The van der Waals surface area contributed by atoms with Crippen molar-refractivity contribution >= 4 is 5.97 Å². The Morgan fingerprint density at radius 1 is 1.19 bits per heavy atom. The Kier molecular flexibility index (Phi) is 6.40. The molecular formula is C10H18F3NO2. The van der Waals surface area contributed by atoms with Crippen LogP contribution in [0.25, 0.3) is 0 Å². The second-order valence-electron chi connectivity index (χ2n) is 3.99. The summed E-state index contributed by atoms with van der Waals surface area (Å²) in [7, 11) is 0. The number of piperidine rings is 1. The molecule has 0 aromatic carbocycles. The summed E-state index contributed by atoms with van der Waals surface area (Å²) in [5.41, 5.74) is 0. The molecule has 1 saturated heterocycles. The summed E-state index contributed by atoms with van der Waals surface area (Å²) in [4.78, 5) is 11.5. The van der Waals surface area contributed by atoms with E-state index in [-0.39, 0.29) is 0 Å². The van der Waals surface area contributed by atoms with E-state index in [1.165, 1.54) is 32.4 Å². The van der Waals surface area contributed by atoms with E-state index >= 15 is 0 Å². The molecule has 1 heterocycles. The van der Waals surface area contributed by atoms with Gasteiger partial charge in [-0.3, -0.25) is 0 Å². The Hall–Kier alpha value is -0.780. The van der Waals surface area contributed by atoms with Crippen molar-refractivity contribution in [1.29, 1.82) is 0 Å². The second kappa shape index (κ2) is 6.73. The van der Waals surface area contributed by atoms with Crippen molar-refractivity contribution in [2.24, 2.45) is 0 Å². The minimum absolute atomic E-state index is 0.769. The van der Waals surface area contributed by atoms with Crippen molar-refractivity contribution in [3.63, 3.8) is 0 Å². The number of carboxylic acid groups (broad SMARTS) is 1. The molecule has 1 fully saturated rings. The number of hydrogen-bond acceptors (Lipinski definition) is 2. The molecule has 0 aromatic heterocycles. The molecule has 16 heavy (non-hydrogen) atoms. The first-order valence-electron chi connectivity index (χ1n) is 5.29. The number of halogens is 3. The average molecular weight is 241 g/mol. The van der Waals surface area contributed by atoms with Gasteiger partial charge in [0.15, 0.2) is 0 Å². The zero-order chi connectivity index (χ0) is 12.8. The molecule has 1 N–H and O–H groups in total. The molecule has 0 saturated carbocycles. The third kappa shape index (κ3) is 6.66. The molecule has 0 atom stereocenters. The third-order valence-corrected chi connectivity index (χ3v) is 2.36. The average Bonchev–Trinajstić information content (AvgIpc) is 2.18. The highest BCUT2D eigenvalue weighted by Gasteiger charge is 2.38. The van der Waals surface area contributed by atoms with Gasteiger partial charge in [-0.1, -0.05) is 6.42 Å². The van der Waals surface area contributed by atoms with E-state index < -0.39 is 12.1 Å². The number of hydrogen-bond donors (Lipinski definition) is 1. The first-order chi connectivity index (χ1) is 7.25. The van der Waals surface area contributed by atoms with Crippen LogP contribution in [0.4, 0.5) is 13.2 Å². The minimum Gasteiger partial charge on any atom is -0.475 e. The summed E-state index contributed by atoms with van der Waals surface area (Å²) in [5.74, 6) is -2.76. The highest BCUT2D eigenvalue weighted by Crippen LogP contribution is 2.13. The molecule has 0 unspecified atom stereocenters. The summed E-state index contributed by atoms with van der Waals surface area (Å²) in [5, 5.41) is 7.12. The van der Waals surface area contributed by atoms with E-state index in [4.69, 9.17) is 9.90 Å². The first kappa shape index (κ1) is 15.2. The normalized spacial score (nSPS) is 17.9. The van der Waals surface area contributed by atoms with Crippen molar-refractivity contribution in [2.45, 2.75) is 45.3 Å². The van der Waals surface area contributed by atoms with E-state index in [0.717, 1.165) is 6.04 Å². The first-order valence-corrected chi connectivity index (χ1v) is 5.29. The highest BCUT2D eigenvalue weighted by molar-refractivity contribution is 5.73. The van der Waals surface area contributed by atoms with Gasteiger partial charge in [-0.2, -0.15) is 13.2 Å². The van der Waals surface area contributed by atoms with Gasteiger partial charge in [-0.05, 0) is 39.8 Å². The van der Waals surface area contributed by atoms with Gasteiger partial charge in [0.05, 0.1) is 0 Å². The molecular weight excluding hydrogens is 223 g/mol. The fourth-order valence-corrected chi connectivity index (χ4v) is 1.43. The minimum atomic E-state index is -5.08. The van der Waals surface area contributed by atoms with Gasteiger partial charge >= 0.3 is 12.1 Å². The molecule has 96 valence electrons. The summed E-state index contributed by atoms with van der Waals surface area (Å²) < 4.78 is 31.7. The third-order valence-electron chi connectivity index (χ3n) is 2.36. The topological polar surface area (TPSA) is 40.5 Å². The van der Waals surface area contributed by atoms with E-state index in [2.05, 4.69) is 18.7 Å². The van der Waals surface area contributed by atoms with Crippen LogP contribution in [0, 0.1) is 0 Å². The molecule has 1 aliphatic heterocycles. The van der Waals surface area contributed by atoms with Crippen LogP contribution in [0.5, 0.6) is 0 Å². The number of aliphatic carboxylic acids is 1. The molecule has 0 bridgehead atoms. The Morgan fingerprint density at radius 2 is 1.56 bits per heavy atom. The maximum absolute atomic E-state index is 10.6. The van der Waals surface area contributed by atoms with Crippen molar-refractivity contribution in [3.05, 3.63) is 0 Å². The summed E-state index contributed by atoms with van der Waals surface area (Å²) >= 11 is 0. The standard InChI is InChI=1S/C8H17N.C2HF3O2/c1-8(2)9-6-4-3-5-7-9;3-2(4,5)1(6)7/h8H,3-7H2,1-2H3;(H,6,7). The monoisotopic (exact) mass is 241 g/mol. The van der Waals surface area contributed by atoms with Crippen LogP contribution in [0.3, 0.4) is 0 Å². The smallest absolute Gasteiger partial charge is 0.475 e. The predicted molar refractivity (Wildman–Crippen MR) is 54.3 cm³/mol. The molecule has 0 aromatic rings. The quantitative estimate of drug-likeness (QED) is 0.766. The van der Waals surface area contributed by atoms with Gasteiger partial charge in [0, 0.05) is 6.04 Å². The molecule has 1 rings (SSSR count). The van der Waals surface area contributed by atoms with Gasteiger partial charge < -0.3 is 10.0 Å². The van der Waals surface area contributed by atoms with Crippen molar-refractivity contribution < 1.29 is 23.1 Å². The fourth-order valence-electron chi connectivity index (χ4n) is 1.43. The molecule has 3 nitrogen and oxygen atoms in total. The molecule has 6 heteroatoms. The maximum atomic E-state index is 10.6. The van der Waals surface area contributed by atoms with Crippen LogP contribution < -0.4 is 0 Å². The number of likely N-dealkylation sites (tertiary alicyclic amines) is 1. The van der Waals surface area contributed by atoms with Crippen LogP contribution in [-0.4, -0.2) is 41.3 Å². The lowest BCUT2D eigenvalue weighted by Crippen LogP contribution is -2.35. The highest BCUT2D eigenvalue weighted by atomic mass is 19.4. The lowest BCUT2D eigenvalue weighted by molar-refractivity contribution is -0.192. The number of alkyl halides is 3. The fraction of sp³-hybridized carbons (Fsp3) is 0.900. The number of carbonyl (C=O) groups is 1. The zero-order valence-electron chi connectivity index (χ0n) is 9.55. The van der Waals surface area contributed by atoms with Gasteiger partial charge in [-0.15, -0.1) is 0 Å². The molecule has 0 spiro atoms. The Labute approximate surface area is 93.2 Å². The second-order valence-corrected chi connectivity index (χ2v) is 3.99. The summed E-state index contributed by atoms with van der Waals surface area (Å²) in [6.07, 6.45) is -0.806. The van der Waals surface area contributed by atoms with Crippen molar-refractivity contribution in [1.82, 2.24) is 4.90 Å². The number of carboxylic acids is 1. The Balaban J connectivity index is 0.000000293. The molecule has 0 radical (unpaired) electrons. The number of nitrogens with zero attached hydrogens (tertiary/aromatic N) is 1. The zero-order valence-corrected chi connectivity index (χ0v) is 9.55. The summed E-state index contributed by atoms with van der Waals surface area (Å²) in [6.45, 7) is 7.23. The maximum Gasteiger partial charge on any atom is 0.490 e. The SMILES string of the molecule is CC(C)N1CCCCC1.O=C(O)C(F)(F)F. The van der Waals surface area contributed by atoms with Gasteiger partial charge in [0.25, 0.3) is 0 Å². The van der Waals surface area contributed by atoms with Crippen LogP contribution in [0.2, 0.25) is 0 Å². The lowest BCUT2D eigenvalue weighted by atomic mass is 10.1. The van der Waals surface area contributed by atoms with E-state index in [1.807, 2.05) is 0 Å². The van der Waals surface area contributed by atoms with Gasteiger partial charge in [0.1, 0.15) is 0 Å². The van der Waals surface area contributed by atoms with Crippen molar-refractivity contribution in [3.8, 4) is 0 Å². The number of rotatable bonds is 1. The van der Waals surface area contributed by atoms with E-state index in [1.54, 1.807) is 0 Å². The predicted octanol–water partition coefficient (Wildman–Crippen LogP) is 2.51. The summed E-state index contributed by atoms with van der Waals surface area (Å²) in [6, 6.07) is 0.769. The van der Waals surface area contributed by atoms with E-state index in [0.29, 0.717) is 0 Å². The van der Waals surface area contributed by atoms with Gasteiger partial charge in [-0.25, -0.2) is 4.79 Å². The molecule has 0 amide bonds. The lowest BCUT2D eigenvalue weighted by Gasteiger charge is -2.29. The Bertz CT molecular complexity index is 211. The van der Waals surface area contributed by atoms with Gasteiger partial charge in [0.2, 0.25) is 0 Å². The van der Waals surface area contributed by atoms with Crippen LogP contribution in [0.15, 0.2) is 0 Å². The van der Waals surface area contributed by atoms with E-state index in [9.17, 15) is 13.2 Å².